The molecule has 1 aliphatic rings. The van der Waals surface area contributed by atoms with Gasteiger partial charge < -0.3 is 4.74 Å². The normalized spacial score (nSPS) is 12.1. The molecule has 0 spiro atoms. The lowest BCUT2D eigenvalue weighted by molar-refractivity contribution is 0.299. The maximum Gasteiger partial charge on any atom is 0.131 e. The van der Waals surface area contributed by atoms with E-state index in [-0.39, 0.29) is 0 Å². The molecule has 5 rings (SSSR count). The number of fused-ring (bicyclic) bond motifs is 3. The Hall–Kier alpha value is -2.89. The van der Waals surface area contributed by atoms with Crippen molar-refractivity contribution in [2.24, 2.45) is 0 Å². The van der Waals surface area contributed by atoms with Crippen molar-refractivity contribution in [3.8, 4) is 39.1 Å². The van der Waals surface area contributed by atoms with Crippen LogP contribution < -0.4 is 4.74 Å². The topological polar surface area (TPSA) is 9.23 Å². The third-order valence-corrected chi connectivity index (χ3v) is 7.30. The molecule has 0 saturated heterocycles. The number of ether oxygens (including phenoxy) is 1. The maximum atomic E-state index is 6.39. The summed E-state index contributed by atoms with van der Waals surface area (Å²) in [4.78, 5) is 0. The van der Waals surface area contributed by atoms with Crippen LogP contribution in [0.1, 0.15) is 34.7 Å². The lowest BCUT2D eigenvalue weighted by Gasteiger charge is -2.26. The van der Waals surface area contributed by atoms with Gasteiger partial charge in [0.15, 0.2) is 0 Å². The highest BCUT2D eigenvalue weighted by Gasteiger charge is 2.23. The zero-order valence-electron chi connectivity index (χ0n) is 19.0. The van der Waals surface area contributed by atoms with E-state index in [4.69, 9.17) is 4.74 Å². The van der Waals surface area contributed by atoms with Crippen LogP contribution >= 0.6 is 9.24 Å². The zero-order valence-corrected chi connectivity index (χ0v) is 20.2. The molecule has 4 aromatic carbocycles. The molecule has 1 atom stereocenters. The Kier molecular flexibility index (Phi) is 5.62. The number of hydrogen-bond donors (Lipinski definition) is 0. The van der Waals surface area contributed by atoms with Gasteiger partial charge in [-0.15, -0.1) is 9.24 Å². The first-order valence-corrected chi connectivity index (χ1v) is 12.2. The van der Waals surface area contributed by atoms with E-state index in [2.05, 4.69) is 103 Å². The number of benzene rings is 4. The van der Waals surface area contributed by atoms with Crippen molar-refractivity contribution in [1.29, 1.82) is 0 Å². The lowest BCUT2D eigenvalue weighted by Crippen LogP contribution is -2.09. The van der Waals surface area contributed by atoms with Crippen LogP contribution in [0.15, 0.2) is 72.8 Å². The molecule has 0 radical (unpaired) electrons. The van der Waals surface area contributed by atoms with Crippen molar-refractivity contribution in [2.75, 3.05) is 0 Å². The van der Waals surface area contributed by atoms with Crippen molar-refractivity contribution in [3.05, 3.63) is 101 Å². The summed E-state index contributed by atoms with van der Waals surface area (Å²) in [6, 6.07) is 26.8. The number of rotatable bonds is 4. The Morgan fingerprint density at radius 1 is 0.656 bits per heavy atom. The molecule has 1 aliphatic heterocycles. The highest BCUT2D eigenvalue weighted by molar-refractivity contribution is 7.15. The Labute approximate surface area is 193 Å². The first-order valence-electron chi connectivity index (χ1n) is 11.4. The minimum Gasteiger partial charge on any atom is -0.488 e. The molecule has 0 saturated carbocycles. The second-order valence-electron chi connectivity index (χ2n) is 8.62. The molecule has 1 unspecified atom stereocenters. The molecule has 0 N–H and O–H groups in total. The van der Waals surface area contributed by atoms with Crippen molar-refractivity contribution in [3.63, 3.8) is 0 Å². The molecule has 4 aromatic rings. The highest BCUT2D eigenvalue weighted by atomic mass is 31.0. The first-order chi connectivity index (χ1) is 15.6. The van der Waals surface area contributed by atoms with Crippen LogP contribution in [0.25, 0.3) is 33.4 Å². The van der Waals surface area contributed by atoms with Crippen molar-refractivity contribution in [2.45, 2.75) is 40.0 Å². The summed E-state index contributed by atoms with van der Waals surface area (Å²) in [6.45, 7) is 7.21. The predicted molar refractivity (Wildman–Crippen MR) is 139 cm³/mol. The standard InChI is InChI=1S/C30H29OP/c1-4-21-5-9-24(10-6-21)26-14-16-28-27-15-13-25(23-11-7-22(18-32)8-12-23)19(2)29(27)17-31-30(28)20(26)3/h5-16H,4,17-18,32H2,1-3H3. The van der Waals surface area contributed by atoms with E-state index in [1.807, 2.05) is 0 Å². The summed E-state index contributed by atoms with van der Waals surface area (Å²) < 4.78 is 6.39. The average molecular weight is 437 g/mol. The predicted octanol–water partition coefficient (Wildman–Crippen LogP) is 8.13. The van der Waals surface area contributed by atoms with Crippen LogP contribution in [-0.2, 0) is 19.2 Å². The van der Waals surface area contributed by atoms with E-state index in [0.29, 0.717) is 6.61 Å². The van der Waals surface area contributed by atoms with E-state index in [0.717, 1.165) is 18.3 Å². The Morgan fingerprint density at radius 2 is 1.19 bits per heavy atom. The molecule has 1 heterocycles. The second-order valence-corrected chi connectivity index (χ2v) is 9.03. The summed E-state index contributed by atoms with van der Waals surface area (Å²) in [5, 5.41) is 0. The summed E-state index contributed by atoms with van der Waals surface area (Å²) in [7, 11) is 2.79. The van der Waals surface area contributed by atoms with Crippen LogP contribution in [0, 0.1) is 13.8 Å². The fourth-order valence-corrected chi connectivity index (χ4v) is 5.07. The molecule has 32 heavy (non-hydrogen) atoms. The summed E-state index contributed by atoms with van der Waals surface area (Å²) in [6.07, 6.45) is 2.05. The molecular formula is C30H29OP. The van der Waals surface area contributed by atoms with Gasteiger partial charge in [-0.1, -0.05) is 79.7 Å². The van der Waals surface area contributed by atoms with Crippen LogP contribution in [0.4, 0.5) is 0 Å². The quantitative estimate of drug-likeness (QED) is 0.293. The summed E-state index contributed by atoms with van der Waals surface area (Å²) in [5.41, 5.74) is 14.1. The van der Waals surface area contributed by atoms with E-state index < -0.39 is 0 Å². The third kappa shape index (κ3) is 3.55. The molecule has 1 nitrogen and oxygen atoms in total. The molecule has 0 bridgehead atoms. The first kappa shape index (κ1) is 21.0. The van der Waals surface area contributed by atoms with Crippen LogP contribution in [0.5, 0.6) is 5.75 Å². The van der Waals surface area contributed by atoms with Crippen molar-refractivity contribution < 1.29 is 4.74 Å². The van der Waals surface area contributed by atoms with E-state index >= 15 is 0 Å². The maximum absolute atomic E-state index is 6.39. The van der Waals surface area contributed by atoms with E-state index in [1.54, 1.807) is 0 Å². The summed E-state index contributed by atoms with van der Waals surface area (Å²) in [5.74, 6) is 1.02. The van der Waals surface area contributed by atoms with Crippen molar-refractivity contribution in [1.82, 2.24) is 0 Å². The Bertz CT molecular complexity index is 1180. The van der Waals surface area contributed by atoms with Gasteiger partial charge in [0.25, 0.3) is 0 Å². The van der Waals surface area contributed by atoms with Gasteiger partial charge in [-0.3, -0.25) is 0 Å². The van der Waals surface area contributed by atoms with Gasteiger partial charge in [-0.25, -0.2) is 0 Å². The summed E-state index contributed by atoms with van der Waals surface area (Å²) >= 11 is 0. The minimum atomic E-state index is 0.616. The highest BCUT2D eigenvalue weighted by Crippen LogP contribution is 2.45. The van der Waals surface area contributed by atoms with Gasteiger partial charge >= 0.3 is 0 Å². The number of hydrogen-bond acceptors (Lipinski definition) is 1. The fourth-order valence-electron chi connectivity index (χ4n) is 4.80. The molecule has 160 valence electrons. The minimum absolute atomic E-state index is 0.616. The second kappa shape index (κ2) is 8.57. The molecule has 2 heteroatoms. The van der Waals surface area contributed by atoms with Crippen molar-refractivity contribution >= 4 is 9.24 Å². The monoisotopic (exact) mass is 436 g/mol. The van der Waals surface area contributed by atoms with Gasteiger partial charge in [0, 0.05) is 11.1 Å². The van der Waals surface area contributed by atoms with E-state index in [9.17, 15) is 0 Å². The molecule has 0 aliphatic carbocycles. The van der Waals surface area contributed by atoms with Gasteiger partial charge in [-0.2, -0.15) is 0 Å². The lowest BCUT2D eigenvalue weighted by atomic mass is 9.86. The molecule has 0 aromatic heterocycles. The van der Waals surface area contributed by atoms with Crippen LogP contribution in [0.2, 0.25) is 0 Å². The number of aryl methyl sites for hydroxylation is 1. The van der Waals surface area contributed by atoms with Gasteiger partial charge in [-0.05, 0) is 76.5 Å². The van der Waals surface area contributed by atoms with Gasteiger partial charge in [0.2, 0.25) is 0 Å². The molecule has 0 amide bonds. The zero-order chi connectivity index (χ0) is 22.2. The SMILES string of the molecule is CCc1ccc(-c2ccc3c(c2C)OCc2c-3ccc(-c3ccc(CP)cc3)c2C)cc1. The fraction of sp³-hybridized carbons (Fsp3) is 0.200. The van der Waals surface area contributed by atoms with Gasteiger partial charge in [0.1, 0.15) is 12.4 Å². The molecule has 0 fully saturated rings. The third-order valence-electron chi connectivity index (χ3n) is 6.83. The van der Waals surface area contributed by atoms with Crippen LogP contribution in [0.3, 0.4) is 0 Å². The largest absolute Gasteiger partial charge is 0.488 e. The molecular weight excluding hydrogens is 407 g/mol. The van der Waals surface area contributed by atoms with E-state index in [1.165, 1.54) is 61.2 Å². The Morgan fingerprint density at radius 3 is 1.78 bits per heavy atom. The average Bonchev–Trinajstić information content (AvgIpc) is 2.85. The smallest absolute Gasteiger partial charge is 0.131 e. The Balaban J connectivity index is 1.56. The van der Waals surface area contributed by atoms with Gasteiger partial charge in [0.05, 0.1) is 0 Å². The van der Waals surface area contributed by atoms with Crippen LogP contribution in [-0.4, -0.2) is 0 Å².